The molecular weight excluding hydrogens is 1610 g/mol. The van der Waals surface area contributed by atoms with E-state index < -0.39 is 29.6 Å². The molecule has 0 saturated carbocycles. The molecule has 1 amide bonds. The molecular formula is C89H70N20O16. The molecule has 6 N–H and O–H groups in total. The lowest BCUT2D eigenvalue weighted by Gasteiger charge is -2.10. The van der Waals surface area contributed by atoms with E-state index >= 15 is 0 Å². The Balaban J connectivity index is 0.000000144. The first-order valence-corrected chi connectivity index (χ1v) is 37.3. The SMILES string of the molecule is COC(=O)c1cnn(-c2ccccc2)c1N=Nc1c(O)c(C(C)=O)cc2ccccc12.COC(=O)c1cnn(C)c1N=Nc1c(O)c(C(=O)c2ccncc2)cc2ccccc12.COC(=O)c1cnn(C)c1N=Nc1c(O)c(C(C)=O)cc2ccccc12.COc1ccc(C(=O)c2cc3ccccc3c(N=Nc3c(C(N)=O)cnn3-c3ncccn3)c2O)cc1. The van der Waals surface area contributed by atoms with E-state index in [1.807, 2.05) is 48.5 Å². The number of para-hydroxylation sites is 1. The molecule has 36 heteroatoms. The van der Waals surface area contributed by atoms with E-state index in [9.17, 15) is 58.8 Å². The van der Waals surface area contributed by atoms with Crippen LogP contribution in [0, 0.1) is 0 Å². The molecule has 0 spiro atoms. The highest BCUT2D eigenvalue weighted by Gasteiger charge is 2.27. The summed E-state index contributed by atoms with van der Waals surface area (Å²) in [5, 5.41) is 98.3. The van der Waals surface area contributed by atoms with Crippen molar-refractivity contribution in [2.24, 2.45) is 60.7 Å². The number of hydrogen-bond acceptors (Lipinski definition) is 31. The quantitative estimate of drug-likeness (QED) is 0.0193. The summed E-state index contributed by atoms with van der Waals surface area (Å²) in [5.74, 6) is -4.06. The molecule has 0 saturated heterocycles. The highest BCUT2D eigenvalue weighted by molar-refractivity contribution is 6.17. The maximum absolute atomic E-state index is 13.3. The summed E-state index contributed by atoms with van der Waals surface area (Å²) in [4.78, 5) is 110. The van der Waals surface area contributed by atoms with Gasteiger partial charge in [0.15, 0.2) is 69.4 Å². The molecule has 10 aromatic carbocycles. The van der Waals surface area contributed by atoms with Crippen molar-refractivity contribution in [3.05, 3.63) is 299 Å². The van der Waals surface area contributed by atoms with Crippen LogP contribution in [0.2, 0.25) is 0 Å². The molecule has 16 rings (SSSR count). The summed E-state index contributed by atoms with van der Waals surface area (Å²) in [5.41, 5.74) is 8.07. The molecule has 0 atom stereocenters. The number of hydrogen-bond donors (Lipinski definition) is 5. The molecule has 125 heavy (non-hydrogen) atoms. The second kappa shape index (κ2) is 37.9. The number of amides is 1. The largest absolute Gasteiger partial charge is 0.505 e. The van der Waals surface area contributed by atoms with Crippen LogP contribution in [0.4, 0.5) is 46.0 Å². The number of azo groups is 4. The number of aromatic nitrogens is 11. The fourth-order valence-corrected chi connectivity index (χ4v) is 12.7. The van der Waals surface area contributed by atoms with E-state index in [1.54, 1.807) is 160 Å². The van der Waals surface area contributed by atoms with Crippen LogP contribution in [0.25, 0.3) is 54.7 Å². The zero-order valence-electron chi connectivity index (χ0n) is 67.4. The van der Waals surface area contributed by atoms with Gasteiger partial charge in [-0.05, 0) is 114 Å². The van der Waals surface area contributed by atoms with Gasteiger partial charge >= 0.3 is 17.9 Å². The molecule has 0 aliphatic rings. The Bertz CT molecular complexity index is 7030. The Morgan fingerprint density at radius 2 is 0.688 bits per heavy atom. The lowest BCUT2D eigenvalue weighted by Crippen LogP contribution is -2.10. The normalized spacial score (nSPS) is 11.2. The van der Waals surface area contributed by atoms with Crippen molar-refractivity contribution < 1.29 is 77.7 Å². The number of phenolic OH excluding ortho intramolecular Hbond substituents is 4. The molecule has 0 radical (unpaired) electrons. The van der Waals surface area contributed by atoms with E-state index in [4.69, 9.17) is 24.7 Å². The lowest BCUT2D eigenvalue weighted by molar-refractivity contribution is 0.0592. The maximum atomic E-state index is 13.3. The van der Waals surface area contributed by atoms with Crippen LogP contribution in [-0.4, -0.2) is 150 Å². The standard InChI is InChI=1S/C26H19N7O4.C23H18N4O4.C22H17N5O4.C18H16N4O4/c1-37-17-9-7-15(8-10-17)22(34)19-13-16-5-2-3-6-18(16)21(23(19)35)31-32-25-20(24(27)36)14-30-33(25)26-28-11-4-12-29-26;1-14(28)18-12-15-8-6-7-11-17(15)20(21(18)29)25-26-22-19(23(30)31-2)13-24-27(22)16-9-4-3-5-10-16;1-27-21(17(12-24-27)22(30)31-2)26-25-18-15-6-4-3-5-14(15)11-16(20(18)29)19(28)13-7-9-23-10-8-13;1-10(23)13-8-11-6-4-5-7-12(11)15(16(13)24)20-21-17-14(18(25)26-3)9-19-22(17)2/h2-14,35H,1H3,(H2,27,36);3-13,29H,1-2H3;3-12,29H,1-2H3;4-9,24H,1-3H3. The minimum Gasteiger partial charge on any atom is -0.505 e. The number of aromatic hydroxyl groups is 4. The van der Waals surface area contributed by atoms with Crippen LogP contribution < -0.4 is 10.5 Å². The van der Waals surface area contributed by atoms with E-state index in [1.165, 1.54) is 111 Å². The topological polar surface area (TPSA) is 489 Å². The van der Waals surface area contributed by atoms with Gasteiger partial charge in [0.05, 0.1) is 81.2 Å². The summed E-state index contributed by atoms with van der Waals surface area (Å²) in [6.45, 7) is 2.73. The highest BCUT2D eigenvalue weighted by atomic mass is 16.5. The van der Waals surface area contributed by atoms with Crippen molar-refractivity contribution in [1.29, 1.82) is 0 Å². The number of Topliss-reactive ketones (excluding diaryl/α,β-unsaturated/α-hetero) is 2. The van der Waals surface area contributed by atoms with Crippen LogP contribution >= 0.6 is 0 Å². The molecule has 622 valence electrons. The number of nitrogens with zero attached hydrogens (tertiary/aromatic N) is 19. The number of aryl methyl sites for hydroxylation is 2. The molecule has 0 fully saturated rings. The van der Waals surface area contributed by atoms with E-state index in [0.717, 1.165) is 10.8 Å². The smallest absolute Gasteiger partial charge is 0.343 e. The van der Waals surface area contributed by atoms with Crippen molar-refractivity contribution in [2.75, 3.05) is 28.4 Å². The number of ketones is 4. The van der Waals surface area contributed by atoms with Gasteiger partial charge in [0.1, 0.15) is 50.8 Å². The van der Waals surface area contributed by atoms with Crippen molar-refractivity contribution in [2.45, 2.75) is 13.8 Å². The van der Waals surface area contributed by atoms with E-state index in [0.29, 0.717) is 54.9 Å². The molecule has 36 nitrogen and oxygen atoms in total. The fraction of sp³-hybridized carbons (Fsp3) is 0.0899. The lowest BCUT2D eigenvalue weighted by atomic mass is 9.97. The van der Waals surface area contributed by atoms with Crippen LogP contribution in [0.1, 0.15) is 108 Å². The third kappa shape index (κ3) is 18.2. The number of ether oxygens (including phenoxy) is 4. The number of benzene rings is 10. The number of pyridine rings is 1. The predicted molar refractivity (Wildman–Crippen MR) is 455 cm³/mol. The Hall–Kier alpha value is -17.7. The molecule has 16 aromatic rings. The summed E-state index contributed by atoms with van der Waals surface area (Å²) in [6.07, 6.45) is 11.2. The molecule has 0 unspecified atom stereocenters. The zero-order chi connectivity index (χ0) is 88.7. The van der Waals surface area contributed by atoms with Gasteiger partial charge in [0, 0.05) is 71.6 Å². The fourth-order valence-electron chi connectivity index (χ4n) is 12.7. The Kier molecular flexibility index (Phi) is 25.8. The predicted octanol–water partition coefficient (Wildman–Crippen LogP) is 17.2. The average molecular weight is 1680 g/mol. The first kappa shape index (κ1) is 85.2. The second-order valence-corrected chi connectivity index (χ2v) is 26.7. The van der Waals surface area contributed by atoms with Crippen molar-refractivity contribution in [1.82, 2.24) is 54.1 Å². The highest BCUT2D eigenvalue weighted by Crippen LogP contribution is 2.45. The van der Waals surface area contributed by atoms with Crippen molar-refractivity contribution in [3.8, 4) is 40.4 Å². The van der Waals surface area contributed by atoms with Gasteiger partial charge in [0.2, 0.25) is 0 Å². The minimum absolute atomic E-state index is 0.0227. The van der Waals surface area contributed by atoms with Crippen LogP contribution in [0.5, 0.6) is 28.7 Å². The second-order valence-electron chi connectivity index (χ2n) is 26.7. The summed E-state index contributed by atoms with van der Waals surface area (Å²) in [6, 6.07) is 55.4. The van der Waals surface area contributed by atoms with Gasteiger partial charge in [-0.3, -0.25) is 29.0 Å². The summed E-state index contributed by atoms with van der Waals surface area (Å²) >= 11 is 0. The third-order valence-electron chi connectivity index (χ3n) is 19.0. The number of phenols is 4. The first-order chi connectivity index (χ1) is 60.4. The van der Waals surface area contributed by atoms with Gasteiger partial charge in [-0.2, -0.15) is 25.1 Å². The Morgan fingerprint density at radius 3 is 1.08 bits per heavy atom. The third-order valence-corrected chi connectivity index (χ3v) is 19.0. The molecule has 0 aliphatic heterocycles. The first-order valence-electron chi connectivity index (χ1n) is 37.3. The van der Waals surface area contributed by atoms with Gasteiger partial charge in [-0.1, -0.05) is 115 Å². The van der Waals surface area contributed by atoms with Gasteiger partial charge in [0.25, 0.3) is 11.9 Å². The van der Waals surface area contributed by atoms with E-state index in [2.05, 4.69) is 76.3 Å². The van der Waals surface area contributed by atoms with Crippen LogP contribution in [-0.2, 0) is 28.3 Å². The Morgan fingerprint density at radius 1 is 0.352 bits per heavy atom. The number of fused-ring (bicyclic) bond motifs is 4. The van der Waals surface area contributed by atoms with Crippen molar-refractivity contribution >= 4 is 136 Å². The zero-order valence-corrected chi connectivity index (χ0v) is 67.4. The number of esters is 3. The monoisotopic (exact) mass is 1670 g/mol. The molecule has 0 bridgehead atoms. The van der Waals surface area contributed by atoms with Crippen LogP contribution in [0.3, 0.4) is 0 Å². The van der Waals surface area contributed by atoms with Crippen LogP contribution in [0.15, 0.2) is 285 Å². The van der Waals surface area contributed by atoms with Crippen molar-refractivity contribution in [3.63, 3.8) is 0 Å². The number of carbonyl (C=O) groups excluding carboxylic acids is 8. The summed E-state index contributed by atoms with van der Waals surface area (Å²) in [7, 11) is 8.50. The number of carbonyl (C=O) groups is 8. The van der Waals surface area contributed by atoms with Gasteiger partial charge in [-0.15, -0.1) is 40.9 Å². The van der Waals surface area contributed by atoms with Gasteiger partial charge < -0.3 is 45.1 Å². The number of methoxy groups -OCH3 is 4. The van der Waals surface area contributed by atoms with Gasteiger partial charge in [-0.25, -0.2) is 38.4 Å². The number of primary amides is 1. The minimum atomic E-state index is -0.784. The average Bonchev–Trinajstić information content (AvgIpc) is 0.879. The number of rotatable bonds is 21. The Labute approximate surface area is 707 Å². The maximum Gasteiger partial charge on any atom is 0.343 e. The number of nitrogens with two attached hydrogens (primary N) is 1. The molecule has 6 aromatic heterocycles. The van der Waals surface area contributed by atoms with E-state index in [-0.39, 0.29) is 137 Å². The molecule has 0 aliphatic carbocycles. The summed E-state index contributed by atoms with van der Waals surface area (Å²) < 4.78 is 24.8. The molecule has 6 heterocycles.